The third-order valence-electron chi connectivity index (χ3n) is 5.10. The zero-order valence-corrected chi connectivity index (χ0v) is 16.0. The zero-order valence-electron chi connectivity index (χ0n) is 16.0. The highest BCUT2D eigenvalue weighted by atomic mass is 19.4. The lowest BCUT2D eigenvalue weighted by Crippen LogP contribution is -2.46. The first-order valence-corrected chi connectivity index (χ1v) is 9.52. The lowest BCUT2D eigenvalue weighted by atomic mass is 10.0. The molecule has 2 aromatic rings. The molecule has 3 rings (SSSR count). The van der Waals surface area contributed by atoms with Crippen molar-refractivity contribution < 1.29 is 18.0 Å². The fourth-order valence-corrected chi connectivity index (χ4v) is 3.52. The number of Topliss-reactive ketones (excluding diaryl/α,β-unsaturated/α-hetero) is 1. The molecule has 0 atom stereocenters. The summed E-state index contributed by atoms with van der Waals surface area (Å²) in [4.78, 5) is 17.0. The molecule has 0 saturated carbocycles. The lowest BCUT2D eigenvalue weighted by Gasteiger charge is -2.34. The van der Waals surface area contributed by atoms with E-state index in [4.69, 9.17) is 0 Å². The topological polar surface area (TPSA) is 23.6 Å². The van der Waals surface area contributed by atoms with Gasteiger partial charge in [0.2, 0.25) is 0 Å². The van der Waals surface area contributed by atoms with E-state index in [9.17, 15) is 18.0 Å². The van der Waals surface area contributed by atoms with Gasteiger partial charge in [-0.05, 0) is 36.2 Å². The summed E-state index contributed by atoms with van der Waals surface area (Å²) in [5, 5.41) is 0. The first-order chi connectivity index (χ1) is 13.3. The molecular formula is C22H25F3N2O. The SMILES string of the molecule is Cc1cc(C(=O)CCN2CCN(Cc3ccccc3)CC2)cc(C(F)(F)F)c1. The second kappa shape index (κ2) is 8.88. The number of hydrogen-bond acceptors (Lipinski definition) is 3. The minimum absolute atomic E-state index is 0.148. The van der Waals surface area contributed by atoms with Crippen molar-refractivity contribution in [1.82, 2.24) is 9.80 Å². The van der Waals surface area contributed by atoms with E-state index in [2.05, 4.69) is 21.9 Å². The average Bonchev–Trinajstić information content (AvgIpc) is 2.67. The number of piperazine rings is 1. The Morgan fingerprint density at radius 3 is 2.25 bits per heavy atom. The first kappa shape index (κ1) is 20.6. The van der Waals surface area contributed by atoms with Gasteiger partial charge in [-0.1, -0.05) is 30.3 Å². The predicted molar refractivity (Wildman–Crippen MR) is 103 cm³/mol. The number of carbonyl (C=O) groups excluding carboxylic acids is 1. The summed E-state index contributed by atoms with van der Waals surface area (Å²) >= 11 is 0. The number of alkyl halides is 3. The van der Waals surface area contributed by atoms with Crippen LogP contribution in [0.2, 0.25) is 0 Å². The standard InChI is InChI=1S/C22H25F3N2O/c1-17-13-19(15-20(14-17)22(23,24)25)21(28)7-8-26-9-11-27(12-10-26)16-18-5-3-2-4-6-18/h2-6,13-15H,7-12,16H2,1H3. The number of hydrogen-bond donors (Lipinski definition) is 0. The van der Waals surface area contributed by atoms with Gasteiger partial charge < -0.3 is 4.90 Å². The van der Waals surface area contributed by atoms with Gasteiger partial charge in [0.1, 0.15) is 0 Å². The van der Waals surface area contributed by atoms with Gasteiger partial charge in [0.25, 0.3) is 0 Å². The predicted octanol–water partition coefficient (Wildman–Crippen LogP) is 4.40. The molecule has 28 heavy (non-hydrogen) atoms. The summed E-state index contributed by atoms with van der Waals surface area (Å²) < 4.78 is 38.9. The number of aryl methyl sites for hydroxylation is 1. The molecule has 0 aromatic heterocycles. The Morgan fingerprint density at radius 2 is 1.61 bits per heavy atom. The fourth-order valence-electron chi connectivity index (χ4n) is 3.52. The Kier molecular flexibility index (Phi) is 6.52. The summed E-state index contributed by atoms with van der Waals surface area (Å²) in [6.45, 7) is 6.64. The van der Waals surface area contributed by atoms with Crippen LogP contribution >= 0.6 is 0 Å². The van der Waals surface area contributed by atoms with Crippen LogP contribution in [0.25, 0.3) is 0 Å². The maximum Gasteiger partial charge on any atom is 0.416 e. The number of nitrogens with zero attached hydrogens (tertiary/aromatic N) is 2. The van der Waals surface area contributed by atoms with Gasteiger partial charge in [0.15, 0.2) is 5.78 Å². The highest BCUT2D eigenvalue weighted by Crippen LogP contribution is 2.30. The third kappa shape index (κ3) is 5.66. The second-order valence-corrected chi connectivity index (χ2v) is 7.36. The van der Waals surface area contributed by atoms with E-state index in [0.29, 0.717) is 12.1 Å². The minimum Gasteiger partial charge on any atom is -0.300 e. The first-order valence-electron chi connectivity index (χ1n) is 9.52. The van der Waals surface area contributed by atoms with E-state index in [-0.39, 0.29) is 17.8 Å². The molecule has 1 aliphatic heterocycles. The van der Waals surface area contributed by atoms with Gasteiger partial charge in [0, 0.05) is 51.3 Å². The Bertz CT molecular complexity index is 797. The minimum atomic E-state index is -4.43. The summed E-state index contributed by atoms with van der Waals surface area (Å²) in [6, 6.07) is 13.9. The van der Waals surface area contributed by atoms with Gasteiger partial charge in [-0.3, -0.25) is 9.69 Å². The molecule has 0 bridgehead atoms. The number of halogens is 3. The van der Waals surface area contributed by atoms with Gasteiger partial charge in [0.05, 0.1) is 5.56 Å². The van der Waals surface area contributed by atoms with Gasteiger partial charge >= 0.3 is 6.18 Å². The van der Waals surface area contributed by atoms with Crippen LogP contribution in [0.3, 0.4) is 0 Å². The zero-order chi connectivity index (χ0) is 20.1. The van der Waals surface area contributed by atoms with Crippen LogP contribution in [-0.2, 0) is 12.7 Å². The summed E-state index contributed by atoms with van der Waals surface area (Å²) in [6.07, 6.45) is -4.20. The van der Waals surface area contributed by atoms with Crippen molar-refractivity contribution in [3.05, 3.63) is 70.8 Å². The molecule has 0 N–H and O–H groups in total. The third-order valence-corrected chi connectivity index (χ3v) is 5.10. The summed E-state index contributed by atoms with van der Waals surface area (Å²) in [5.74, 6) is -0.235. The number of benzene rings is 2. The molecular weight excluding hydrogens is 365 g/mol. The van der Waals surface area contributed by atoms with Crippen LogP contribution in [0.5, 0.6) is 0 Å². The quantitative estimate of drug-likeness (QED) is 0.683. The van der Waals surface area contributed by atoms with E-state index in [1.807, 2.05) is 18.2 Å². The molecule has 150 valence electrons. The van der Waals surface area contributed by atoms with Crippen molar-refractivity contribution in [2.24, 2.45) is 0 Å². The fraction of sp³-hybridized carbons (Fsp3) is 0.409. The van der Waals surface area contributed by atoms with Crippen molar-refractivity contribution in [3.63, 3.8) is 0 Å². The van der Waals surface area contributed by atoms with Crippen molar-refractivity contribution in [3.8, 4) is 0 Å². The molecule has 0 aliphatic carbocycles. The van der Waals surface area contributed by atoms with Crippen LogP contribution in [0.15, 0.2) is 48.5 Å². The van der Waals surface area contributed by atoms with Crippen molar-refractivity contribution >= 4 is 5.78 Å². The van der Waals surface area contributed by atoms with E-state index in [0.717, 1.165) is 44.9 Å². The molecule has 0 radical (unpaired) electrons. The average molecular weight is 390 g/mol. The molecule has 6 heteroatoms. The van der Waals surface area contributed by atoms with Crippen LogP contribution < -0.4 is 0 Å². The van der Waals surface area contributed by atoms with Crippen molar-refractivity contribution in [2.75, 3.05) is 32.7 Å². The summed E-state index contributed by atoms with van der Waals surface area (Å²) in [5.41, 5.74) is 1.12. The van der Waals surface area contributed by atoms with E-state index < -0.39 is 11.7 Å². The molecule has 1 aliphatic rings. The number of ketones is 1. The summed E-state index contributed by atoms with van der Waals surface area (Å²) in [7, 11) is 0. The van der Waals surface area contributed by atoms with Gasteiger partial charge in [-0.25, -0.2) is 0 Å². The van der Waals surface area contributed by atoms with Crippen LogP contribution in [0, 0.1) is 6.92 Å². The molecule has 3 nitrogen and oxygen atoms in total. The largest absolute Gasteiger partial charge is 0.416 e. The van der Waals surface area contributed by atoms with Crippen molar-refractivity contribution in [1.29, 1.82) is 0 Å². The van der Waals surface area contributed by atoms with Crippen LogP contribution in [0.1, 0.15) is 33.5 Å². The Morgan fingerprint density at radius 1 is 0.964 bits per heavy atom. The maximum atomic E-state index is 13.0. The molecule has 1 heterocycles. The van der Waals surface area contributed by atoms with E-state index in [1.54, 1.807) is 6.92 Å². The monoisotopic (exact) mass is 390 g/mol. The highest BCUT2D eigenvalue weighted by molar-refractivity contribution is 5.96. The molecule has 0 unspecified atom stereocenters. The molecule has 0 spiro atoms. The van der Waals surface area contributed by atoms with Crippen LogP contribution in [-0.4, -0.2) is 48.3 Å². The Balaban J connectivity index is 1.49. The highest BCUT2D eigenvalue weighted by Gasteiger charge is 2.31. The maximum absolute atomic E-state index is 13.0. The Hall–Kier alpha value is -2.18. The second-order valence-electron chi connectivity index (χ2n) is 7.36. The molecule has 1 fully saturated rings. The molecule has 0 amide bonds. The van der Waals surface area contributed by atoms with E-state index >= 15 is 0 Å². The smallest absolute Gasteiger partial charge is 0.300 e. The lowest BCUT2D eigenvalue weighted by molar-refractivity contribution is -0.137. The molecule has 1 saturated heterocycles. The number of carbonyl (C=O) groups is 1. The van der Waals surface area contributed by atoms with Gasteiger partial charge in [-0.15, -0.1) is 0 Å². The van der Waals surface area contributed by atoms with Gasteiger partial charge in [-0.2, -0.15) is 13.2 Å². The van der Waals surface area contributed by atoms with Crippen molar-refractivity contribution in [2.45, 2.75) is 26.1 Å². The van der Waals surface area contributed by atoms with Crippen LogP contribution in [0.4, 0.5) is 13.2 Å². The number of rotatable bonds is 6. The normalized spacial score (nSPS) is 16.3. The molecule has 2 aromatic carbocycles. The van der Waals surface area contributed by atoms with E-state index in [1.165, 1.54) is 11.6 Å². The Labute approximate surface area is 163 Å².